The van der Waals surface area contributed by atoms with E-state index >= 15 is 0 Å². The van der Waals surface area contributed by atoms with Gasteiger partial charge in [0.15, 0.2) is 0 Å². The molecule has 0 aromatic carbocycles. The predicted octanol–water partition coefficient (Wildman–Crippen LogP) is 3.37. The monoisotopic (exact) mass is 430 g/mol. The SMILES string of the molecule is CCCCCCCCCCCC(O)CC(CCS(=O)(=O)OC)S(=O)(=O)OC. The van der Waals surface area contributed by atoms with E-state index in [2.05, 4.69) is 15.3 Å². The van der Waals surface area contributed by atoms with Crippen molar-refractivity contribution in [3.63, 3.8) is 0 Å². The molecule has 0 heterocycles. The Morgan fingerprint density at radius 1 is 0.778 bits per heavy atom. The minimum absolute atomic E-state index is 0.0353. The van der Waals surface area contributed by atoms with Gasteiger partial charge in [0, 0.05) is 0 Å². The van der Waals surface area contributed by atoms with Gasteiger partial charge >= 0.3 is 0 Å². The standard InChI is InChI=1S/C18H38O7S2/c1-4-5-6-7-8-9-10-11-12-13-17(19)16-18(27(22,23)25-3)14-15-26(20,21)24-2/h17-19H,4-16H2,1-3H3. The topological polar surface area (TPSA) is 107 Å². The molecule has 0 saturated heterocycles. The molecule has 0 radical (unpaired) electrons. The highest BCUT2D eigenvalue weighted by Gasteiger charge is 2.29. The third kappa shape index (κ3) is 13.6. The van der Waals surface area contributed by atoms with Crippen molar-refractivity contribution in [1.82, 2.24) is 0 Å². The van der Waals surface area contributed by atoms with Crippen molar-refractivity contribution in [1.29, 1.82) is 0 Å². The van der Waals surface area contributed by atoms with Crippen molar-refractivity contribution in [3.8, 4) is 0 Å². The third-order valence-electron chi connectivity index (χ3n) is 4.76. The first-order valence-electron chi connectivity index (χ1n) is 9.94. The summed E-state index contributed by atoms with van der Waals surface area (Å²) in [5.41, 5.74) is 0. The van der Waals surface area contributed by atoms with Gasteiger partial charge in [0.05, 0.1) is 31.3 Å². The van der Waals surface area contributed by atoms with Crippen LogP contribution in [0.15, 0.2) is 0 Å². The van der Waals surface area contributed by atoms with Crippen molar-refractivity contribution in [2.24, 2.45) is 0 Å². The van der Waals surface area contributed by atoms with Crippen LogP contribution in [0.2, 0.25) is 0 Å². The quantitative estimate of drug-likeness (QED) is 0.262. The Hall–Kier alpha value is -0.220. The highest BCUT2D eigenvalue weighted by molar-refractivity contribution is 7.88. The number of aliphatic hydroxyl groups is 1. The van der Waals surface area contributed by atoms with Crippen LogP contribution >= 0.6 is 0 Å². The fraction of sp³-hybridized carbons (Fsp3) is 1.00. The molecule has 2 unspecified atom stereocenters. The van der Waals surface area contributed by atoms with Gasteiger partial charge in [0.2, 0.25) is 0 Å². The second kappa shape index (κ2) is 14.7. The molecule has 1 N–H and O–H groups in total. The maximum Gasteiger partial charge on any atom is 0.270 e. The van der Waals surface area contributed by atoms with E-state index in [9.17, 15) is 21.9 Å². The zero-order valence-electron chi connectivity index (χ0n) is 17.1. The van der Waals surface area contributed by atoms with Gasteiger partial charge < -0.3 is 5.11 Å². The van der Waals surface area contributed by atoms with Gasteiger partial charge in [-0.3, -0.25) is 8.37 Å². The first-order valence-corrected chi connectivity index (χ1v) is 13.0. The van der Waals surface area contributed by atoms with Crippen LogP contribution in [0.3, 0.4) is 0 Å². The van der Waals surface area contributed by atoms with E-state index in [1.54, 1.807) is 0 Å². The number of unbranched alkanes of at least 4 members (excludes halogenated alkanes) is 8. The van der Waals surface area contributed by atoms with E-state index in [1.807, 2.05) is 0 Å². The third-order valence-corrected chi connectivity index (χ3v) is 7.71. The Morgan fingerprint density at radius 2 is 1.30 bits per heavy atom. The number of hydrogen-bond donors (Lipinski definition) is 1. The molecule has 0 aliphatic heterocycles. The molecule has 0 rings (SSSR count). The Kier molecular flexibility index (Phi) is 14.6. The molecule has 0 aliphatic carbocycles. The summed E-state index contributed by atoms with van der Waals surface area (Å²) in [4.78, 5) is 0. The molecular formula is C18H38O7S2. The van der Waals surface area contributed by atoms with Crippen molar-refractivity contribution in [2.45, 2.75) is 95.3 Å². The van der Waals surface area contributed by atoms with Gasteiger partial charge in [0.25, 0.3) is 20.2 Å². The zero-order chi connectivity index (χ0) is 20.8. The van der Waals surface area contributed by atoms with Crippen molar-refractivity contribution in [3.05, 3.63) is 0 Å². The number of aliphatic hydroxyl groups excluding tert-OH is 1. The van der Waals surface area contributed by atoms with Gasteiger partial charge in [-0.05, 0) is 19.3 Å². The molecule has 0 aliphatic rings. The summed E-state index contributed by atoms with van der Waals surface area (Å²) in [6.07, 6.45) is 9.99. The van der Waals surface area contributed by atoms with Crippen molar-refractivity contribution >= 4 is 20.2 Å². The predicted molar refractivity (Wildman–Crippen MR) is 108 cm³/mol. The molecule has 2 atom stereocenters. The van der Waals surface area contributed by atoms with Crippen molar-refractivity contribution in [2.75, 3.05) is 20.0 Å². The molecule has 0 amide bonds. The lowest BCUT2D eigenvalue weighted by Gasteiger charge is -2.19. The van der Waals surface area contributed by atoms with Gasteiger partial charge in [-0.15, -0.1) is 0 Å². The molecular weight excluding hydrogens is 392 g/mol. The second-order valence-electron chi connectivity index (χ2n) is 7.01. The lowest BCUT2D eigenvalue weighted by molar-refractivity contribution is 0.147. The van der Waals surface area contributed by atoms with Crippen LogP contribution in [-0.2, 0) is 28.6 Å². The van der Waals surface area contributed by atoms with Gasteiger partial charge in [0.1, 0.15) is 0 Å². The van der Waals surface area contributed by atoms with Crippen LogP contribution < -0.4 is 0 Å². The summed E-state index contributed by atoms with van der Waals surface area (Å²) in [5.74, 6) is -0.429. The van der Waals surface area contributed by atoms with E-state index in [0.29, 0.717) is 6.42 Å². The van der Waals surface area contributed by atoms with E-state index in [1.165, 1.54) is 38.5 Å². The molecule has 0 aromatic rings. The lowest BCUT2D eigenvalue weighted by Crippen LogP contribution is -2.30. The normalized spacial score (nSPS) is 15.0. The highest BCUT2D eigenvalue weighted by Crippen LogP contribution is 2.19. The first-order chi connectivity index (χ1) is 12.7. The first kappa shape index (κ1) is 26.8. The lowest BCUT2D eigenvalue weighted by atomic mass is 10.0. The van der Waals surface area contributed by atoms with E-state index in [4.69, 9.17) is 0 Å². The van der Waals surface area contributed by atoms with Crippen LogP contribution in [0.1, 0.15) is 84.0 Å². The molecule has 0 aromatic heterocycles. The summed E-state index contributed by atoms with van der Waals surface area (Å²) in [7, 11) is -5.60. The molecule has 0 fully saturated rings. The van der Waals surface area contributed by atoms with E-state index in [-0.39, 0.29) is 12.8 Å². The highest BCUT2D eigenvalue weighted by atomic mass is 32.2. The van der Waals surface area contributed by atoms with E-state index < -0.39 is 37.3 Å². The van der Waals surface area contributed by atoms with E-state index in [0.717, 1.165) is 33.5 Å². The largest absolute Gasteiger partial charge is 0.393 e. The molecule has 7 nitrogen and oxygen atoms in total. The summed E-state index contributed by atoms with van der Waals surface area (Å²) in [6.45, 7) is 2.20. The minimum atomic E-state index is -3.92. The Labute approximate surface area is 166 Å². The van der Waals surface area contributed by atoms with Crippen LogP contribution in [0, 0.1) is 0 Å². The van der Waals surface area contributed by atoms with Crippen LogP contribution in [-0.4, -0.2) is 53.3 Å². The molecule has 0 spiro atoms. The van der Waals surface area contributed by atoms with Crippen molar-refractivity contribution < 1.29 is 30.3 Å². The smallest absolute Gasteiger partial charge is 0.270 e. The summed E-state index contributed by atoms with van der Waals surface area (Å²) in [5, 5.41) is 9.10. The number of hydrogen-bond acceptors (Lipinski definition) is 7. The fourth-order valence-electron chi connectivity index (χ4n) is 2.99. The summed E-state index contributed by atoms with van der Waals surface area (Å²) < 4.78 is 55.7. The summed E-state index contributed by atoms with van der Waals surface area (Å²) >= 11 is 0. The van der Waals surface area contributed by atoms with Crippen LogP contribution in [0.4, 0.5) is 0 Å². The maximum absolute atomic E-state index is 12.0. The molecule has 9 heteroatoms. The number of rotatable bonds is 18. The minimum Gasteiger partial charge on any atom is -0.393 e. The Bertz CT molecular complexity index is 558. The van der Waals surface area contributed by atoms with Crippen LogP contribution in [0.5, 0.6) is 0 Å². The Balaban J connectivity index is 4.20. The van der Waals surface area contributed by atoms with Crippen LogP contribution in [0.25, 0.3) is 0 Å². The zero-order valence-corrected chi connectivity index (χ0v) is 18.7. The van der Waals surface area contributed by atoms with Gasteiger partial charge in [-0.1, -0.05) is 64.7 Å². The maximum atomic E-state index is 12.0. The molecule has 27 heavy (non-hydrogen) atoms. The molecule has 164 valence electrons. The second-order valence-corrected chi connectivity index (χ2v) is 10.8. The summed E-state index contributed by atoms with van der Waals surface area (Å²) in [6, 6.07) is 0. The molecule has 0 bridgehead atoms. The Morgan fingerprint density at radius 3 is 1.78 bits per heavy atom. The van der Waals surface area contributed by atoms with Gasteiger partial charge in [-0.2, -0.15) is 16.8 Å². The average Bonchev–Trinajstić information content (AvgIpc) is 2.63. The fourth-order valence-corrected chi connectivity index (χ4v) is 5.01. The molecule has 0 saturated carbocycles. The van der Waals surface area contributed by atoms with Gasteiger partial charge in [-0.25, -0.2) is 0 Å². The average molecular weight is 431 g/mol.